The minimum atomic E-state index is -0.682. The Bertz CT molecular complexity index is 679. The van der Waals surface area contributed by atoms with Crippen LogP contribution < -0.4 is 10.6 Å². The number of aliphatic hydroxyl groups excluding tert-OH is 1. The van der Waals surface area contributed by atoms with Crippen molar-refractivity contribution in [2.24, 2.45) is 5.41 Å². The Labute approximate surface area is 168 Å². The van der Waals surface area contributed by atoms with Gasteiger partial charge in [-0.1, -0.05) is 64.4 Å². The summed E-state index contributed by atoms with van der Waals surface area (Å²) >= 11 is 0. The molecule has 1 aliphatic rings. The van der Waals surface area contributed by atoms with E-state index in [-0.39, 0.29) is 36.2 Å². The molecule has 0 unspecified atom stereocenters. The van der Waals surface area contributed by atoms with Gasteiger partial charge in [-0.15, -0.1) is 0 Å². The van der Waals surface area contributed by atoms with Gasteiger partial charge in [0.15, 0.2) is 0 Å². The number of aliphatic hydroxyl groups is 1. The molecule has 2 rings (SSSR count). The lowest BCUT2D eigenvalue weighted by Crippen LogP contribution is -2.57. The van der Waals surface area contributed by atoms with E-state index in [1.54, 1.807) is 4.90 Å². The standard InChI is InChI=1S/C22H35N3O3/c1-14(2)24-19(22(4,5)6)21(28)25-13-17(26)11-18(25)20(27)23-12-16-9-7-15(3)8-10-16/h7-10,14,17-19,24,26H,11-13H2,1-6H3,(H,23,27)/t17-,18+,19-/m1/s1. The van der Waals surface area contributed by atoms with Crippen LogP contribution >= 0.6 is 0 Å². The van der Waals surface area contributed by atoms with Gasteiger partial charge in [0.1, 0.15) is 6.04 Å². The molecule has 0 bridgehead atoms. The number of rotatable bonds is 6. The fourth-order valence-corrected chi connectivity index (χ4v) is 3.51. The first-order valence-corrected chi connectivity index (χ1v) is 10.1. The number of aryl methyl sites for hydroxylation is 1. The quantitative estimate of drug-likeness (QED) is 0.695. The van der Waals surface area contributed by atoms with E-state index in [0.717, 1.165) is 11.1 Å². The number of likely N-dealkylation sites (tertiary alicyclic amines) is 1. The summed E-state index contributed by atoms with van der Waals surface area (Å²) in [6.07, 6.45) is -0.414. The Morgan fingerprint density at radius 2 is 1.82 bits per heavy atom. The molecule has 6 heteroatoms. The number of β-amino-alcohol motifs (C(OH)–C–C–N with tert-alkyl or cyclic N) is 1. The maximum atomic E-state index is 13.3. The molecule has 3 atom stereocenters. The summed E-state index contributed by atoms with van der Waals surface area (Å²) < 4.78 is 0. The lowest BCUT2D eigenvalue weighted by atomic mass is 9.85. The van der Waals surface area contributed by atoms with Crippen LogP contribution in [0.5, 0.6) is 0 Å². The number of nitrogens with zero attached hydrogens (tertiary/aromatic N) is 1. The fourth-order valence-electron chi connectivity index (χ4n) is 3.51. The number of benzene rings is 1. The van der Waals surface area contributed by atoms with Gasteiger partial charge in [0, 0.05) is 25.6 Å². The van der Waals surface area contributed by atoms with E-state index < -0.39 is 18.2 Å². The fraction of sp³-hybridized carbons (Fsp3) is 0.636. The van der Waals surface area contributed by atoms with E-state index in [4.69, 9.17) is 0 Å². The Morgan fingerprint density at radius 1 is 1.21 bits per heavy atom. The zero-order valence-electron chi connectivity index (χ0n) is 18.0. The number of amides is 2. The average Bonchev–Trinajstić information content (AvgIpc) is 2.99. The van der Waals surface area contributed by atoms with Gasteiger partial charge in [-0.3, -0.25) is 9.59 Å². The molecule has 0 aromatic heterocycles. The van der Waals surface area contributed by atoms with Crippen LogP contribution in [0.3, 0.4) is 0 Å². The monoisotopic (exact) mass is 389 g/mol. The van der Waals surface area contributed by atoms with Gasteiger partial charge in [-0.05, 0) is 17.9 Å². The van der Waals surface area contributed by atoms with Crippen LogP contribution in [0, 0.1) is 12.3 Å². The first kappa shape index (κ1) is 22.4. The van der Waals surface area contributed by atoms with Gasteiger partial charge < -0.3 is 20.6 Å². The molecule has 1 fully saturated rings. The number of nitrogens with one attached hydrogen (secondary N) is 2. The highest BCUT2D eigenvalue weighted by atomic mass is 16.3. The van der Waals surface area contributed by atoms with Crippen molar-refractivity contribution in [1.29, 1.82) is 0 Å². The maximum Gasteiger partial charge on any atom is 0.243 e. The first-order chi connectivity index (χ1) is 13.0. The number of carbonyl (C=O) groups is 2. The number of hydrogen-bond acceptors (Lipinski definition) is 4. The molecule has 3 N–H and O–H groups in total. The summed E-state index contributed by atoms with van der Waals surface area (Å²) in [5, 5.41) is 16.4. The maximum absolute atomic E-state index is 13.3. The second-order valence-electron chi connectivity index (χ2n) is 9.22. The summed E-state index contributed by atoms with van der Waals surface area (Å²) in [5.41, 5.74) is 1.86. The Hall–Kier alpha value is -1.92. The summed E-state index contributed by atoms with van der Waals surface area (Å²) in [6.45, 7) is 12.6. The molecule has 0 spiro atoms. The smallest absolute Gasteiger partial charge is 0.243 e. The van der Waals surface area contributed by atoms with Crippen LogP contribution in [0.4, 0.5) is 0 Å². The zero-order valence-corrected chi connectivity index (χ0v) is 18.0. The molecule has 1 aromatic rings. The van der Waals surface area contributed by atoms with Crippen LogP contribution in [0.15, 0.2) is 24.3 Å². The van der Waals surface area contributed by atoms with Crippen LogP contribution in [0.2, 0.25) is 0 Å². The van der Waals surface area contributed by atoms with Gasteiger partial charge in [0.2, 0.25) is 11.8 Å². The van der Waals surface area contributed by atoms with Crippen LogP contribution in [-0.4, -0.2) is 52.6 Å². The Morgan fingerprint density at radius 3 is 2.36 bits per heavy atom. The second-order valence-corrected chi connectivity index (χ2v) is 9.22. The highest BCUT2D eigenvalue weighted by Gasteiger charge is 2.43. The largest absolute Gasteiger partial charge is 0.391 e. The highest BCUT2D eigenvalue weighted by Crippen LogP contribution is 2.26. The molecule has 0 aliphatic carbocycles. The van der Waals surface area contributed by atoms with Gasteiger partial charge >= 0.3 is 0 Å². The molecule has 28 heavy (non-hydrogen) atoms. The van der Waals surface area contributed by atoms with Crippen molar-refractivity contribution in [1.82, 2.24) is 15.5 Å². The minimum absolute atomic E-state index is 0.131. The normalized spacial score (nSPS) is 21.1. The molecule has 1 aliphatic heterocycles. The van der Waals surface area contributed by atoms with Crippen LogP contribution in [-0.2, 0) is 16.1 Å². The van der Waals surface area contributed by atoms with Crippen molar-refractivity contribution in [3.8, 4) is 0 Å². The molecule has 6 nitrogen and oxygen atoms in total. The average molecular weight is 390 g/mol. The molecule has 156 valence electrons. The minimum Gasteiger partial charge on any atom is -0.391 e. The third-order valence-corrected chi connectivity index (χ3v) is 5.07. The second kappa shape index (κ2) is 9.05. The van der Waals surface area contributed by atoms with Crippen molar-refractivity contribution in [2.45, 2.75) is 78.7 Å². The molecular formula is C22H35N3O3. The van der Waals surface area contributed by atoms with Gasteiger partial charge in [0.25, 0.3) is 0 Å². The number of carbonyl (C=O) groups excluding carboxylic acids is 2. The Kier molecular flexibility index (Phi) is 7.23. The van der Waals surface area contributed by atoms with Crippen molar-refractivity contribution in [3.63, 3.8) is 0 Å². The van der Waals surface area contributed by atoms with E-state index in [1.807, 2.05) is 65.8 Å². The van der Waals surface area contributed by atoms with E-state index in [1.165, 1.54) is 0 Å². The van der Waals surface area contributed by atoms with E-state index in [9.17, 15) is 14.7 Å². The van der Waals surface area contributed by atoms with Gasteiger partial charge in [0.05, 0.1) is 12.1 Å². The predicted octanol–water partition coefficient (Wildman–Crippen LogP) is 1.99. The highest BCUT2D eigenvalue weighted by molar-refractivity contribution is 5.91. The van der Waals surface area contributed by atoms with E-state index >= 15 is 0 Å². The van der Waals surface area contributed by atoms with E-state index in [0.29, 0.717) is 6.54 Å². The molecule has 2 amide bonds. The van der Waals surface area contributed by atoms with Crippen molar-refractivity contribution in [2.75, 3.05) is 6.54 Å². The van der Waals surface area contributed by atoms with Crippen molar-refractivity contribution < 1.29 is 14.7 Å². The van der Waals surface area contributed by atoms with E-state index in [2.05, 4.69) is 10.6 Å². The summed E-state index contributed by atoms with van der Waals surface area (Å²) in [7, 11) is 0. The first-order valence-electron chi connectivity index (χ1n) is 10.1. The summed E-state index contributed by atoms with van der Waals surface area (Å²) in [6, 6.07) is 7.02. The molecule has 1 saturated heterocycles. The predicted molar refractivity (Wildman–Crippen MR) is 111 cm³/mol. The SMILES string of the molecule is Cc1ccc(CNC(=O)[C@@H]2C[C@@H](O)CN2C(=O)[C@@H](NC(C)C)C(C)(C)C)cc1. The summed E-state index contributed by atoms with van der Waals surface area (Å²) in [4.78, 5) is 27.6. The van der Waals surface area contributed by atoms with Gasteiger partial charge in [-0.2, -0.15) is 0 Å². The molecule has 0 saturated carbocycles. The molecule has 1 aromatic carbocycles. The van der Waals surface area contributed by atoms with Crippen molar-refractivity contribution in [3.05, 3.63) is 35.4 Å². The lowest BCUT2D eigenvalue weighted by Gasteiger charge is -2.36. The van der Waals surface area contributed by atoms with Crippen LogP contribution in [0.25, 0.3) is 0 Å². The van der Waals surface area contributed by atoms with Crippen molar-refractivity contribution >= 4 is 11.8 Å². The Balaban J connectivity index is 2.10. The topological polar surface area (TPSA) is 81.7 Å². The third kappa shape index (κ3) is 5.79. The third-order valence-electron chi connectivity index (χ3n) is 5.07. The van der Waals surface area contributed by atoms with Gasteiger partial charge in [-0.25, -0.2) is 0 Å². The van der Waals surface area contributed by atoms with Crippen LogP contribution in [0.1, 0.15) is 52.2 Å². The molecular weight excluding hydrogens is 354 g/mol. The molecule has 0 radical (unpaired) electrons. The zero-order chi connectivity index (χ0) is 21.1. The summed E-state index contributed by atoms with van der Waals surface area (Å²) in [5.74, 6) is -0.351. The molecule has 1 heterocycles. The lowest BCUT2D eigenvalue weighted by molar-refractivity contribution is -0.142. The number of hydrogen-bond donors (Lipinski definition) is 3.